The second kappa shape index (κ2) is 6.55. The molecule has 7 heteroatoms. The van der Waals surface area contributed by atoms with Crippen molar-refractivity contribution in [2.45, 2.75) is 0 Å². The van der Waals surface area contributed by atoms with Crippen molar-refractivity contribution in [2.24, 2.45) is 0 Å². The maximum atomic E-state index is 12.2. The highest BCUT2D eigenvalue weighted by molar-refractivity contribution is 6.33. The Morgan fingerprint density at radius 1 is 1.04 bits per heavy atom. The zero-order chi connectivity index (χ0) is 17.1. The molecule has 3 rings (SSSR count). The van der Waals surface area contributed by atoms with Crippen LogP contribution in [0, 0.1) is 10.1 Å². The normalized spacial score (nSPS) is 10.4. The molecule has 2 aromatic carbocycles. The number of non-ortho nitro benzene ring substituents is 1. The molecule has 1 amide bonds. The fraction of sp³-hybridized carbons (Fsp3) is 0. The number of hydrogen-bond acceptors (Lipinski definition) is 4. The van der Waals surface area contributed by atoms with Gasteiger partial charge in [0.1, 0.15) is 5.76 Å². The summed E-state index contributed by atoms with van der Waals surface area (Å²) in [4.78, 5) is 22.4. The Morgan fingerprint density at radius 2 is 1.75 bits per heavy atom. The average molecular weight is 343 g/mol. The zero-order valence-corrected chi connectivity index (χ0v) is 13.0. The molecule has 1 aromatic heterocycles. The minimum atomic E-state index is -0.478. The van der Waals surface area contributed by atoms with Gasteiger partial charge in [0, 0.05) is 17.7 Å². The molecule has 0 radical (unpaired) electrons. The van der Waals surface area contributed by atoms with Gasteiger partial charge in [-0.05, 0) is 36.4 Å². The standard InChI is InChI=1S/C17H11ClN2O4/c18-13-3-1-2-4-14(13)19-17(21)16-10-9-15(24-16)11-5-7-12(8-6-11)20(22)23/h1-10H,(H,19,21). The quantitative estimate of drug-likeness (QED) is 0.547. The van der Waals surface area contributed by atoms with Crippen LogP contribution in [-0.2, 0) is 0 Å². The smallest absolute Gasteiger partial charge is 0.291 e. The second-order valence-corrected chi connectivity index (χ2v) is 5.31. The summed E-state index contributed by atoms with van der Waals surface area (Å²) in [5.74, 6) is 0.119. The average Bonchev–Trinajstić information content (AvgIpc) is 3.07. The zero-order valence-electron chi connectivity index (χ0n) is 12.2. The van der Waals surface area contributed by atoms with Crippen LogP contribution in [0.3, 0.4) is 0 Å². The summed E-state index contributed by atoms with van der Waals surface area (Å²) in [5, 5.41) is 13.7. The monoisotopic (exact) mass is 342 g/mol. The number of nitro benzene ring substituents is 1. The van der Waals surface area contributed by atoms with Crippen molar-refractivity contribution in [3.05, 3.63) is 81.6 Å². The molecule has 3 aromatic rings. The second-order valence-electron chi connectivity index (χ2n) is 4.90. The Kier molecular flexibility index (Phi) is 4.31. The Labute approximate surface area is 141 Å². The van der Waals surface area contributed by atoms with Crippen LogP contribution in [-0.4, -0.2) is 10.8 Å². The predicted molar refractivity (Wildman–Crippen MR) is 90.2 cm³/mol. The van der Waals surface area contributed by atoms with E-state index >= 15 is 0 Å². The van der Waals surface area contributed by atoms with Gasteiger partial charge in [-0.15, -0.1) is 0 Å². The van der Waals surface area contributed by atoms with E-state index in [0.717, 1.165) is 0 Å². The molecule has 24 heavy (non-hydrogen) atoms. The van der Waals surface area contributed by atoms with Gasteiger partial charge in [-0.25, -0.2) is 0 Å². The van der Waals surface area contributed by atoms with E-state index in [0.29, 0.717) is 22.0 Å². The van der Waals surface area contributed by atoms with Crippen LogP contribution in [0.2, 0.25) is 5.02 Å². The number of nitrogens with one attached hydrogen (secondary N) is 1. The van der Waals surface area contributed by atoms with E-state index in [1.54, 1.807) is 42.5 Å². The summed E-state index contributed by atoms with van der Waals surface area (Å²) in [7, 11) is 0. The minimum Gasteiger partial charge on any atom is -0.451 e. The molecule has 1 N–H and O–H groups in total. The third kappa shape index (κ3) is 3.28. The van der Waals surface area contributed by atoms with Crippen molar-refractivity contribution < 1.29 is 14.1 Å². The van der Waals surface area contributed by atoms with Crippen molar-refractivity contribution >= 4 is 28.9 Å². The lowest BCUT2D eigenvalue weighted by atomic mass is 10.1. The number of carbonyl (C=O) groups is 1. The summed E-state index contributed by atoms with van der Waals surface area (Å²) < 4.78 is 5.52. The lowest BCUT2D eigenvalue weighted by Gasteiger charge is -2.04. The van der Waals surface area contributed by atoms with E-state index in [-0.39, 0.29) is 11.4 Å². The molecule has 0 aliphatic heterocycles. The number of nitrogens with zero attached hydrogens (tertiary/aromatic N) is 1. The Hall–Kier alpha value is -3.12. The number of benzene rings is 2. The summed E-state index contributed by atoms with van der Waals surface area (Å²) >= 11 is 6.00. The van der Waals surface area contributed by atoms with Crippen LogP contribution < -0.4 is 5.32 Å². The molecule has 0 unspecified atom stereocenters. The number of halogens is 1. The number of rotatable bonds is 4. The fourth-order valence-electron chi connectivity index (χ4n) is 2.11. The fourth-order valence-corrected chi connectivity index (χ4v) is 2.29. The van der Waals surface area contributed by atoms with Crippen LogP contribution in [0.15, 0.2) is 65.1 Å². The minimum absolute atomic E-state index is 0.0120. The molecule has 0 atom stereocenters. The predicted octanol–water partition coefficient (Wildman–Crippen LogP) is 4.76. The lowest BCUT2D eigenvalue weighted by molar-refractivity contribution is -0.384. The first-order valence-corrected chi connectivity index (χ1v) is 7.33. The number of carbonyl (C=O) groups excluding carboxylic acids is 1. The maximum Gasteiger partial charge on any atom is 0.291 e. The summed E-state index contributed by atoms with van der Waals surface area (Å²) in [5.41, 5.74) is 1.11. The first-order chi connectivity index (χ1) is 11.5. The Balaban J connectivity index is 1.78. The van der Waals surface area contributed by atoms with E-state index < -0.39 is 10.8 Å². The SMILES string of the molecule is O=C(Nc1ccccc1Cl)c1ccc(-c2ccc([N+](=O)[O-])cc2)o1. The molecule has 0 fully saturated rings. The van der Waals surface area contributed by atoms with Crippen molar-refractivity contribution in [1.82, 2.24) is 0 Å². The molecular formula is C17H11ClN2O4. The number of para-hydroxylation sites is 1. The van der Waals surface area contributed by atoms with Gasteiger partial charge in [0.15, 0.2) is 5.76 Å². The summed E-state index contributed by atoms with van der Waals surface area (Å²) in [6, 6.07) is 15.9. The topological polar surface area (TPSA) is 85.4 Å². The molecule has 6 nitrogen and oxygen atoms in total. The van der Waals surface area contributed by atoms with E-state index in [2.05, 4.69) is 5.32 Å². The first-order valence-electron chi connectivity index (χ1n) is 6.95. The molecule has 0 aliphatic rings. The molecule has 0 saturated carbocycles. The van der Waals surface area contributed by atoms with Gasteiger partial charge in [0.05, 0.1) is 15.6 Å². The van der Waals surface area contributed by atoms with Gasteiger partial charge in [0.2, 0.25) is 0 Å². The summed E-state index contributed by atoms with van der Waals surface area (Å²) in [6.07, 6.45) is 0. The van der Waals surface area contributed by atoms with Gasteiger partial charge in [0.25, 0.3) is 11.6 Å². The van der Waals surface area contributed by atoms with Gasteiger partial charge in [-0.2, -0.15) is 0 Å². The van der Waals surface area contributed by atoms with Crippen LogP contribution in [0.1, 0.15) is 10.6 Å². The molecule has 120 valence electrons. The highest BCUT2D eigenvalue weighted by atomic mass is 35.5. The lowest BCUT2D eigenvalue weighted by Crippen LogP contribution is -2.11. The molecular weight excluding hydrogens is 332 g/mol. The maximum absolute atomic E-state index is 12.2. The highest BCUT2D eigenvalue weighted by Crippen LogP contribution is 2.26. The van der Waals surface area contributed by atoms with Crippen molar-refractivity contribution in [3.63, 3.8) is 0 Å². The van der Waals surface area contributed by atoms with Crippen LogP contribution in [0.25, 0.3) is 11.3 Å². The third-order valence-electron chi connectivity index (χ3n) is 3.31. The van der Waals surface area contributed by atoms with Crippen molar-refractivity contribution in [3.8, 4) is 11.3 Å². The van der Waals surface area contributed by atoms with Gasteiger partial charge < -0.3 is 9.73 Å². The number of hydrogen-bond donors (Lipinski definition) is 1. The molecule has 0 aliphatic carbocycles. The Morgan fingerprint density at radius 3 is 2.42 bits per heavy atom. The Bertz CT molecular complexity index is 903. The van der Waals surface area contributed by atoms with Gasteiger partial charge in [-0.3, -0.25) is 14.9 Å². The third-order valence-corrected chi connectivity index (χ3v) is 3.64. The van der Waals surface area contributed by atoms with Gasteiger partial charge in [-0.1, -0.05) is 23.7 Å². The largest absolute Gasteiger partial charge is 0.451 e. The van der Waals surface area contributed by atoms with Crippen LogP contribution >= 0.6 is 11.6 Å². The van der Waals surface area contributed by atoms with E-state index in [4.69, 9.17) is 16.0 Å². The van der Waals surface area contributed by atoms with Crippen LogP contribution in [0.5, 0.6) is 0 Å². The number of amides is 1. The molecule has 0 bridgehead atoms. The first kappa shape index (κ1) is 15.8. The molecule has 0 spiro atoms. The van der Waals surface area contributed by atoms with Crippen molar-refractivity contribution in [1.29, 1.82) is 0 Å². The number of nitro groups is 1. The van der Waals surface area contributed by atoms with Crippen molar-refractivity contribution in [2.75, 3.05) is 5.32 Å². The summed E-state index contributed by atoms with van der Waals surface area (Å²) in [6.45, 7) is 0. The van der Waals surface area contributed by atoms with E-state index in [1.807, 2.05) is 0 Å². The molecule has 0 saturated heterocycles. The molecule has 1 heterocycles. The van der Waals surface area contributed by atoms with Crippen LogP contribution in [0.4, 0.5) is 11.4 Å². The number of furan rings is 1. The number of anilines is 1. The van der Waals surface area contributed by atoms with Gasteiger partial charge >= 0.3 is 0 Å². The van der Waals surface area contributed by atoms with E-state index in [1.165, 1.54) is 18.2 Å². The highest BCUT2D eigenvalue weighted by Gasteiger charge is 2.14. The van der Waals surface area contributed by atoms with E-state index in [9.17, 15) is 14.9 Å².